The normalized spacial score (nSPS) is 29.8. The summed E-state index contributed by atoms with van der Waals surface area (Å²) in [7, 11) is 0. The molecular weight excluding hydrogens is 212 g/mol. The largest absolute Gasteiger partial charge is 0.341 e. The molecule has 0 spiro atoms. The van der Waals surface area contributed by atoms with E-state index in [9.17, 15) is 4.79 Å². The predicted octanol–water partition coefficient (Wildman–Crippen LogP) is 2.02. The van der Waals surface area contributed by atoms with E-state index in [0.717, 1.165) is 19.1 Å². The standard InChI is InChI=1S/C14H26N2O/c1-10(2)6-14(17)16-8-11(3)7-13(9-16)15-12-4-5-12/h10-13,15H,4-9H2,1-3H3. The van der Waals surface area contributed by atoms with Crippen LogP contribution in [-0.4, -0.2) is 36.0 Å². The number of carbonyl (C=O) groups excluding carboxylic acids is 1. The average molecular weight is 238 g/mol. The number of nitrogens with zero attached hydrogens (tertiary/aromatic N) is 1. The molecule has 98 valence electrons. The van der Waals surface area contributed by atoms with Gasteiger partial charge in [0.25, 0.3) is 0 Å². The first-order valence-corrected chi connectivity index (χ1v) is 7.08. The maximum atomic E-state index is 12.1. The Labute approximate surface area is 105 Å². The number of likely N-dealkylation sites (tertiary alicyclic amines) is 1. The Morgan fingerprint density at radius 3 is 2.59 bits per heavy atom. The summed E-state index contributed by atoms with van der Waals surface area (Å²) in [5, 5.41) is 3.67. The SMILES string of the molecule is CC(C)CC(=O)N1CC(C)CC(NC2CC2)C1. The quantitative estimate of drug-likeness (QED) is 0.812. The Kier molecular flexibility index (Phi) is 4.08. The van der Waals surface area contributed by atoms with Crippen LogP contribution < -0.4 is 5.32 Å². The highest BCUT2D eigenvalue weighted by Gasteiger charge is 2.31. The molecular formula is C14H26N2O. The Morgan fingerprint density at radius 1 is 1.29 bits per heavy atom. The molecule has 1 amide bonds. The van der Waals surface area contributed by atoms with Gasteiger partial charge in [0, 0.05) is 31.6 Å². The minimum atomic E-state index is 0.342. The van der Waals surface area contributed by atoms with Crippen molar-refractivity contribution in [3.63, 3.8) is 0 Å². The van der Waals surface area contributed by atoms with Gasteiger partial charge < -0.3 is 10.2 Å². The number of hydrogen-bond acceptors (Lipinski definition) is 2. The highest BCUT2D eigenvalue weighted by Crippen LogP contribution is 2.24. The molecule has 1 saturated carbocycles. The molecule has 3 heteroatoms. The van der Waals surface area contributed by atoms with Crippen molar-refractivity contribution in [2.45, 2.75) is 58.5 Å². The zero-order valence-electron chi connectivity index (χ0n) is 11.4. The van der Waals surface area contributed by atoms with Gasteiger partial charge in [-0.3, -0.25) is 4.79 Å². The van der Waals surface area contributed by atoms with E-state index in [1.54, 1.807) is 0 Å². The molecule has 0 aromatic carbocycles. The maximum Gasteiger partial charge on any atom is 0.222 e. The molecule has 1 saturated heterocycles. The first-order chi connectivity index (χ1) is 8.04. The second kappa shape index (κ2) is 5.38. The smallest absolute Gasteiger partial charge is 0.222 e. The third kappa shape index (κ3) is 3.98. The van der Waals surface area contributed by atoms with Crippen LogP contribution in [0.4, 0.5) is 0 Å². The fourth-order valence-corrected chi connectivity index (χ4v) is 2.74. The molecule has 0 radical (unpaired) electrons. The summed E-state index contributed by atoms with van der Waals surface area (Å²) < 4.78 is 0. The Balaban J connectivity index is 1.85. The molecule has 1 heterocycles. The minimum Gasteiger partial charge on any atom is -0.341 e. The van der Waals surface area contributed by atoms with Crippen molar-refractivity contribution in [2.75, 3.05) is 13.1 Å². The van der Waals surface area contributed by atoms with Crippen molar-refractivity contribution in [1.29, 1.82) is 0 Å². The third-order valence-corrected chi connectivity index (χ3v) is 3.64. The van der Waals surface area contributed by atoms with Gasteiger partial charge in [-0.25, -0.2) is 0 Å². The van der Waals surface area contributed by atoms with E-state index in [2.05, 4.69) is 31.0 Å². The molecule has 3 nitrogen and oxygen atoms in total. The number of piperidine rings is 1. The number of nitrogens with one attached hydrogen (secondary N) is 1. The van der Waals surface area contributed by atoms with E-state index < -0.39 is 0 Å². The lowest BCUT2D eigenvalue weighted by Gasteiger charge is -2.37. The number of rotatable bonds is 4. The van der Waals surface area contributed by atoms with Crippen molar-refractivity contribution in [1.82, 2.24) is 10.2 Å². The first-order valence-electron chi connectivity index (χ1n) is 7.08. The molecule has 0 aromatic heterocycles. The molecule has 0 bridgehead atoms. The van der Waals surface area contributed by atoms with Crippen LogP contribution in [0.25, 0.3) is 0 Å². The molecule has 1 aliphatic carbocycles. The van der Waals surface area contributed by atoms with Crippen molar-refractivity contribution in [3.8, 4) is 0 Å². The van der Waals surface area contributed by atoms with Gasteiger partial charge in [0.2, 0.25) is 5.91 Å². The summed E-state index contributed by atoms with van der Waals surface area (Å²) >= 11 is 0. The average Bonchev–Trinajstić information content (AvgIpc) is 2.99. The second-order valence-electron chi connectivity index (χ2n) is 6.38. The van der Waals surface area contributed by atoms with E-state index in [1.807, 2.05) is 0 Å². The van der Waals surface area contributed by atoms with Gasteiger partial charge in [-0.15, -0.1) is 0 Å². The summed E-state index contributed by atoms with van der Waals surface area (Å²) in [6.07, 6.45) is 4.57. The zero-order valence-corrected chi connectivity index (χ0v) is 11.4. The van der Waals surface area contributed by atoms with Crippen LogP contribution in [0.1, 0.15) is 46.5 Å². The molecule has 2 aliphatic rings. The molecule has 0 aromatic rings. The van der Waals surface area contributed by atoms with Crippen LogP contribution in [0.5, 0.6) is 0 Å². The minimum absolute atomic E-state index is 0.342. The number of amides is 1. The van der Waals surface area contributed by atoms with Gasteiger partial charge >= 0.3 is 0 Å². The fraction of sp³-hybridized carbons (Fsp3) is 0.929. The maximum absolute atomic E-state index is 12.1. The van der Waals surface area contributed by atoms with E-state index >= 15 is 0 Å². The summed E-state index contributed by atoms with van der Waals surface area (Å²) in [4.78, 5) is 14.2. The van der Waals surface area contributed by atoms with Crippen molar-refractivity contribution < 1.29 is 4.79 Å². The van der Waals surface area contributed by atoms with Crippen LogP contribution in [0.15, 0.2) is 0 Å². The molecule has 1 aliphatic heterocycles. The Bertz CT molecular complexity index is 271. The van der Waals surface area contributed by atoms with Crippen LogP contribution in [0.3, 0.4) is 0 Å². The van der Waals surface area contributed by atoms with Crippen molar-refractivity contribution in [2.24, 2.45) is 11.8 Å². The summed E-state index contributed by atoms with van der Waals surface area (Å²) in [5.41, 5.74) is 0. The van der Waals surface area contributed by atoms with Gasteiger partial charge in [0.1, 0.15) is 0 Å². The van der Waals surface area contributed by atoms with Gasteiger partial charge in [0.05, 0.1) is 0 Å². The van der Waals surface area contributed by atoms with Crippen LogP contribution in [-0.2, 0) is 4.79 Å². The van der Waals surface area contributed by atoms with Crippen LogP contribution >= 0.6 is 0 Å². The van der Waals surface area contributed by atoms with E-state index in [4.69, 9.17) is 0 Å². The summed E-state index contributed by atoms with van der Waals surface area (Å²) in [6.45, 7) is 8.37. The van der Waals surface area contributed by atoms with E-state index in [0.29, 0.717) is 30.2 Å². The van der Waals surface area contributed by atoms with Gasteiger partial charge in [-0.2, -0.15) is 0 Å². The Hall–Kier alpha value is -0.570. The van der Waals surface area contributed by atoms with Gasteiger partial charge in [-0.1, -0.05) is 20.8 Å². The molecule has 2 atom stereocenters. The molecule has 2 fully saturated rings. The van der Waals surface area contributed by atoms with Crippen molar-refractivity contribution in [3.05, 3.63) is 0 Å². The number of hydrogen-bond donors (Lipinski definition) is 1. The third-order valence-electron chi connectivity index (χ3n) is 3.64. The topological polar surface area (TPSA) is 32.3 Å². The number of carbonyl (C=O) groups is 1. The highest BCUT2D eigenvalue weighted by atomic mass is 16.2. The van der Waals surface area contributed by atoms with Gasteiger partial charge in [-0.05, 0) is 31.1 Å². The zero-order chi connectivity index (χ0) is 12.4. The Morgan fingerprint density at radius 2 is 2.00 bits per heavy atom. The second-order valence-corrected chi connectivity index (χ2v) is 6.38. The monoisotopic (exact) mass is 238 g/mol. The predicted molar refractivity (Wildman–Crippen MR) is 69.8 cm³/mol. The summed E-state index contributed by atoms with van der Waals surface area (Å²) in [6, 6.07) is 1.27. The fourth-order valence-electron chi connectivity index (χ4n) is 2.74. The summed E-state index contributed by atoms with van der Waals surface area (Å²) in [5.74, 6) is 1.44. The lowest BCUT2D eigenvalue weighted by molar-refractivity contribution is -0.134. The lowest BCUT2D eigenvalue weighted by atomic mass is 9.95. The molecule has 17 heavy (non-hydrogen) atoms. The lowest BCUT2D eigenvalue weighted by Crippen LogP contribution is -2.51. The van der Waals surface area contributed by atoms with E-state index in [1.165, 1.54) is 19.3 Å². The molecule has 2 unspecified atom stereocenters. The molecule has 1 N–H and O–H groups in total. The van der Waals surface area contributed by atoms with Crippen molar-refractivity contribution >= 4 is 5.91 Å². The van der Waals surface area contributed by atoms with Gasteiger partial charge in [0.15, 0.2) is 0 Å². The first kappa shape index (κ1) is 12.9. The van der Waals surface area contributed by atoms with E-state index in [-0.39, 0.29) is 0 Å². The van der Waals surface area contributed by atoms with Crippen LogP contribution in [0, 0.1) is 11.8 Å². The molecule has 2 rings (SSSR count). The highest BCUT2D eigenvalue weighted by molar-refractivity contribution is 5.76. The van der Waals surface area contributed by atoms with Crippen LogP contribution in [0.2, 0.25) is 0 Å².